The predicted octanol–water partition coefficient (Wildman–Crippen LogP) is 1.90. The van der Waals surface area contributed by atoms with Crippen LogP contribution in [0.15, 0.2) is 6.33 Å². The molecule has 0 spiro atoms. The Hall–Kier alpha value is -1.65. The largest absolute Gasteiger partial charge is 0.388 e. The first kappa shape index (κ1) is 13.8. The molecule has 1 aromatic heterocycles. The summed E-state index contributed by atoms with van der Waals surface area (Å²) in [4.78, 5) is 11.0. The molecule has 2 rings (SSSR count). The van der Waals surface area contributed by atoms with Crippen molar-refractivity contribution in [1.82, 2.24) is 9.97 Å². The van der Waals surface area contributed by atoms with Crippen LogP contribution >= 0.6 is 0 Å². The standard InChI is InChI=1S/C14H23N5/c1-10(8-13(15)16)19(2)14-11-6-4-3-5-7-12(11)17-9-18-14/h9-10H,3-8H2,1-2H3,(H3,15,16). The summed E-state index contributed by atoms with van der Waals surface area (Å²) in [6, 6.07) is 0.180. The van der Waals surface area contributed by atoms with Gasteiger partial charge in [0, 0.05) is 30.8 Å². The van der Waals surface area contributed by atoms with Crippen molar-refractivity contribution in [3.8, 4) is 0 Å². The van der Waals surface area contributed by atoms with Crippen LogP contribution in [0.25, 0.3) is 0 Å². The topological polar surface area (TPSA) is 78.9 Å². The third kappa shape index (κ3) is 3.22. The highest BCUT2D eigenvalue weighted by Crippen LogP contribution is 2.27. The molecular formula is C14H23N5. The quantitative estimate of drug-likeness (QED) is 0.493. The van der Waals surface area contributed by atoms with Crippen LogP contribution in [0.5, 0.6) is 0 Å². The number of rotatable bonds is 4. The fourth-order valence-electron chi connectivity index (χ4n) is 2.65. The molecule has 0 amide bonds. The molecule has 1 aliphatic rings. The van der Waals surface area contributed by atoms with Crippen LogP contribution in [0, 0.1) is 5.41 Å². The van der Waals surface area contributed by atoms with E-state index in [0.717, 1.165) is 18.7 Å². The second-order valence-electron chi connectivity index (χ2n) is 5.37. The van der Waals surface area contributed by atoms with Crippen molar-refractivity contribution in [1.29, 1.82) is 5.41 Å². The SMILES string of the molecule is CC(CC(=N)N)N(C)c1ncnc2c1CCCCC2. The second kappa shape index (κ2) is 5.99. The van der Waals surface area contributed by atoms with Gasteiger partial charge in [0.05, 0.1) is 5.84 Å². The minimum absolute atomic E-state index is 0.180. The number of aryl methyl sites for hydroxylation is 1. The highest BCUT2D eigenvalue weighted by Gasteiger charge is 2.20. The lowest BCUT2D eigenvalue weighted by atomic mass is 10.1. The Balaban J connectivity index is 2.26. The molecule has 0 saturated carbocycles. The van der Waals surface area contributed by atoms with E-state index >= 15 is 0 Å². The van der Waals surface area contributed by atoms with Crippen LogP contribution in [-0.2, 0) is 12.8 Å². The van der Waals surface area contributed by atoms with Crippen molar-refractivity contribution in [3.63, 3.8) is 0 Å². The van der Waals surface area contributed by atoms with Crippen molar-refractivity contribution in [2.24, 2.45) is 5.73 Å². The molecule has 0 bridgehead atoms. The molecule has 0 aromatic carbocycles. The van der Waals surface area contributed by atoms with E-state index in [0.29, 0.717) is 6.42 Å². The zero-order valence-corrected chi connectivity index (χ0v) is 11.8. The molecule has 3 N–H and O–H groups in total. The fraction of sp³-hybridized carbons (Fsp3) is 0.643. The van der Waals surface area contributed by atoms with Gasteiger partial charge in [0.2, 0.25) is 0 Å². The number of hydrogen-bond donors (Lipinski definition) is 2. The number of nitrogens with zero attached hydrogens (tertiary/aromatic N) is 3. The summed E-state index contributed by atoms with van der Waals surface area (Å²) in [5.41, 5.74) is 7.98. The summed E-state index contributed by atoms with van der Waals surface area (Å²) in [6.07, 6.45) is 8.04. The zero-order chi connectivity index (χ0) is 13.8. The number of amidine groups is 1. The lowest BCUT2D eigenvalue weighted by Crippen LogP contribution is -2.34. The lowest BCUT2D eigenvalue weighted by molar-refractivity contribution is 0.688. The maximum Gasteiger partial charge on any atom is 0.135 e. The van der Waals surface area contributed by atoms with Crippen molar-refractivity contribution in [2.75, 3.05) is 11.9 Å². The smallest absolute Gasteiger partial charge is 0.135 e. The monoisotopic (exact) mass is 261 g/mol. The van der Waals surface area contributed by atoms with E-state index in [2.05, 4.69) is 21.8 Å². The predicted molar refractivity (Wildman–Crippen MR) is 77.7 cm³/mol. The van der Waals surface area contributed by atoms with Crippen molar-refractivity contribution in [3.05, 3.63) is 17.6 Å². The van der Waals surface area contributed by atoms with Crippen molar-refractivity contribution >= 4 is 11.7 Å². The summed E-state index contributed by atoms with van der Waals surface area (Å²) < 4.78 is 0. The summed E-state index contributed by atoms with van der Waals surface area (Å²) in [6.45, 7) is 2.08. The molecule has 1 unspecified atom stereocenters. The van der Waals surface area contributed by atoms with Crippen LogP contribution in [0.2, 0.25) is 0 Å². The average Bonchev–Trinajstić information content (AvgIpc) is 2.61. The number of aromatic nitrogens is 2. The number of nitrogens with two attached hydrogens (primary N) is 1. The van der Waals surface area contributed by atoms with E-state index < -0.39 is 0 Å². The van der Waals surface area contributed by atoms with Gasteiger partial charge in [0.25, 0.3) is 0 Å². The maximum atomic E-state index is 7.42. The fourth-order valence-corrected chi connectivity index (χ4v) is 2.65. The minimum atomic E-state index is 0.180. The highest BCUT2D eigenvalue weighted by atomic mass is 15.2. The van der Waals surface area contributed by atoms with Crippen LogP contribution in [0.1, 0.15) is 43.9 Å². The molecule has 104 valence electrons. The van der Waals surface area contributed by atoms with Gasteiger partial charge in [-0.1, -0.05) is 6.42 Å². The number of anilines is 1. The Kier molecular flexibility index (Phi) is 4.35. The van der Waals surface area contributed by atoms with Crippen LogP contribution in [-0.4, -0.2) is 28.9 Å². The molecule has 0 fully saturated rings. The summed E-state index contributed by atoms with van der Waals surface area (Å²) >= 11 is 0. The Morgan fingerprint density at radius 1 is 1.37 bits per heavy atom. The van der Waals surface area contributed by atoms with Gasteiger partial charge in [-0.25, -0.2) is 9.97 Å². The highest BCUT2D eigenvalue weighted by molar-refractivity contribution is 5.78. The van der Waals surface area contributed by atoms with Crippen LogP contribution < -0.4 is 10.6 Å². The Morgan fingerprint density at radius 3 is 2.84 bits per heavy atom. The Bertz CT molecular complexity index is 457. The van der Waals surface area contributed by atoms with E-state index in [-0.39, 0.29) is 11.9 Å². The van der Waals surface area contributed by atoms with Gasteiger partial charge in [0.15, 0.2) is 0 Å². The molecule has 19 heavy (non-hydrogen) atoms. The molecule has 1 atom stereocenters. The van der Waals surface area contributed by atoms with Gasteiger partial charge >= 0.3 is 0 Å². The van der Waals surface area contributed by atoms with E-state index in [1.807, 2.05) is 7.05 Å². The van der Waals surface area contributed by atoms with Gasteiger partial charge in [-0.15, -0.1) is 0 Å². The third-order valence-electron chi connectivity index (χ3n) is 3.86. The Morgan fingerprint density at radius 2 is 2.11 bits per heavy atom. The molecular weight excluding hydrogens is 238 g/mol. The first-order valence-electron chi connectivity index (χ1n) is 6.98. The summed E-state index contributed by atoms with van der Waals surface area (Å²) in [5.74, 6) is 1.24. The summed E-state index contributed by atoms with van der Waals surface area (Å²) in [5, 5.41) is 7.42. The molecule has 0 aliphatic heterocycles. The van der Waals surface area contributed by atoms with Gasteiger partial charge in [-0.05, 0) is 32.6 Å². The van der Waals surface area contributed by atoms with E-state index in [1.54, 1.807) is 6.33 Å². The zero-order valence-electron chi connectivity index (χ0n) is 11.8. The lowest BCUT2D eigenvalue weighted by Gasteiger charge is -2.28. The van der Waals surface area contributed by atoms with Gasteiger partial charge in [-0.3, -0.25) is 5.41 Å². The normalized spacial score (nSPS) is 16.3. The molecule has 5 heteroatoms. The number of fused-ring (bicyclic) bond motifs is 1. The number of nitrogens with one attached hydrogen (secondary N) is 1. The van der Waals surface area contributed by atoms with Gasteiger partial charge in [0.1, 0.15) is 12.1 Å². The van der Waals surface area contributed by atoms with Crippen molar-refractivity contribution < 1.29 is 0 Å². The van der Waals surface area contributed by atoms with Gasteiger partial charge in [-0.2, -0.15) is 0 Å². The molecule has 1 heterocycles. The Labute approximate surface area is 114 Å². The minimum Gasteiger partial charge on any atom is -0.388 e. The van der Waals surface area contributed by atoms with Gasteiger partial charge < -0.3 is 10.6 Å². The van der Waals surface area contributed by atoms with Crippen LogP contribution in [0.4, 0.5) is 5.82 Å². The van der Waals surface area contributed by atoms with Crippen LogP contribution in [0.3, 0.4) is 0 Å². The molecule has 1 aromatic rings. The first-order valence-corrected chi connectivity index (χ1v) is 6.98. The first-order chi connectivity index (χ1) is 9.09. The average molecular weight is 261 g/mol. The molecule has 0 radical (unpaired) electrons. The second-order valence-corrected chi connectivity index (χ2v) is 5.37. The van der Waals surface area contributed by atoms with E-state index in [1.165, 1.54) is 30.5 Å². The van der Waals surface area contributed by atoms with E-state index in [4.69, 9.17) is 11.1 Å². The molecule has 5 nitrogen and oxygen atoms in total. The third-order valence-corrected chi connectivity index (χ3v) is 3.86. The summed E-state index contributed by atoms with van der Waals surface area (Å²) in [7, 11) is 2.03. The van der Waals surface area contributed by atoms with E-state index in [9.17, 15) is 0 Å². The number of hydrogen-bond acceptors (Lipinski definition) is 4. The molecule has 1 aliphatic carbocycles. The molecule has 0 saturated heterocycles. The maximum absolute atomic E-state index is 7.42. The van der Waals surface area contributed by atoms with Crippen molar-refractivity contribution in [2.45, 2.75) is 51.5 Å².